The standard InChI is InChI=1S/C6H7N3O4/c1-13-6(10)5-7-2-4(8-5)3-9(11)12/h2H,3H2,1H3,(H,7,8). The molecule has 1 heterocycles. The number of carbonyl (C=O) groups is 1. The Morgan fingerprint density at radius 2 is 2.54 bits per heavy atom. The van der Waals surface area contributed by atoms with Gasteiger partial charge in [-0.3, -0.25) is 10.1 Å². The van der Waals surface area contributed by atoms with E-state index in [1.165, 1.54) is 13.3 Å². The second-order valence-electron chi connectivity index (χ2n) is 2.24. The molecule has 13 heavy (non-hydrogen) atoms. The molecule has 0 saturated carbocycles. The zero-order valence-corrected chi connectivity index (χ0v) is 6.81. The van der Waals surface area contributed by atoms with Crippen LogP contribution in [0.3, 0.4) is 0 Å². The summed E-state index contributed by atoms with van der Waals surface area (Å²) in [5.74, 6) is -0.672. The van der Waals surface area contributed by atoms with Gasteiger partial charge in [0.1, 0.15) is 5.69 Å². The predicted octanol–water partition coefficient (Wildman–Crippen LogP) is -0.0270. The average Bonchev–Trinajstić information content (AvgIpc) is 2.50. The van der Waals surface area contributed by atoms with Crippen molar-refractivity contribution >= 4 is 5.97 Å². The van der Waals surface area contributed by atoms with Gasteiger partial charge in [0.25, 0.3) is 0 Å². The summed E-state index contributed by atoms with van der Waals surface area (Å²) in [7, 11) is 1.21. The minimum Gasteiger partial charge on any atom is -0.463 e. The zero-order chi connectivity index (χ0) is 9.84. The lowest BCUT2D eigenvalue weighted by molar-refractivity contribution is -0.497. The maximum atomic E-state index is 10.8. The number of aromatic nitrogens is 2. The number of nitro groups is 1. The summed E-state index contributed by atoms with van der Waals surface area (Å²) in [6.07, 6.45) is 1.23. The fourth-order valence-electron chi connectivity index (χ4n) is 0.779. The molecule has 0 unspecified atom stereocenters. The van der Waals surface area contributed by atoms with Crippen LogP contribution in [0.2, 0.25) is 0 Å². The molecule has 0 aliphatic rings. The zero-order valence-electron chi connectivity index (χ0n) is 6.81. The van der Waals surface area contributed by atoms with Crippen LogP contribution >= 0.6 is 0 Å². The first-order valence-corrected chi connectivity index (χ1v) is 3.37. The quantitative estimate of drug-likeness (QED) is 0.405. The van der Waals surface area contributed by atoms with Crippen molar-refractivity contribution in [2.45, 2.75) is 6.54 Å². The van der Waals surface area contributed by atoms with Gasteiger partial charge in [0, 0.05) is 4.92 Å². The average molecular weight is 185 g/mol. The minimum atomic E-state index is -0.644. The number of nitrogens with zero attached hydrogens (tertiary/aromatic N) is 2. The number of hydrogen-bond acceptors (Lipinski definition) is 5. The first-order valence-electron chi connectivity index (χ1n) is 3.37. The largest absolute Gasteiger partial charge is 0.463 e. The van der Waals surface area contributed by atoms with Gasteiger partial charge in [-0.1, -0.05) is 0 Å². The highest BCUT2D eigenvalue weighted by molar-refractivity contribution is 5.85. The molecule has 0 aliphatic heterocycles. The Morgan fingerprint density at radius 1 is 1.85 bits per heavy atom. The SMILES string of the molecule is COC(=O)c1ncc(C[N+](=O)[O-])[nH]1. The fraction of sp³-hybridized carbons (Fsp3) is 0.333. The van der Waals surface area contributed by atoms with E-state index in [0.29, 0.717) is 0 Å². The van der Waals surface area contributed by atoms with Crippen molar-refractivity contribution in [1.29, 1.82) is 0 Å². The highest BCUT2D eigenvalue weighted by Gasteiger charge is 2.12. The van der Waals surface area contributed by atoms with Gasteiger partial charge in [-0.05, 0) is 0 Å². The first-order chi connectivity index (χ1) is 6.13. The van der Waals surface area contributed by atoms with Crippen molar-refractivity contribution in [1.82, 2.24) is 9.97 Å². The number of rotatable bonds is 3. The number of nitrogens with one attached hydrogen (secondary N) is 1. The number of methoxy groups -OCH3 is 1. The normalized spacial score (nSPS) is 9.62. The summed E-state index contributed by atoms with van der Waals surface area (Å²) >= 11 is 0. The fourth-order valence-corrected chi connectivity index (χ4v) is 0.779. The Morgan fingerprint density at radius 3 is 3.08 bits per heavy atom. The van der Waals surface area contributed by atoms with Gasteiger partial charge in [-0.25, -0.2) is 9.78 Å². The monoisotopic (exact) mass is 185 g/mol. The van der Waals surface area contributed by atoms with Crippen LogP contribution in [0.25, 0.3) is 0 Å². The van der Waals surface area contributed by atoms with E-state index >= 15 is 0 Å². The molecule has 0 bridgehead atoms. The van der Waals surface area contributed by atoms with Gasteiger partial charge < -0.3 is 9.72 Å². The molecule has 70 valence electrons. The summed E-state index contributed by atoms with van der Waals surface area (Å²) < 4.78 is 4.35. The molecule has 1 aromatic rings. The van der Waals surface area contributed by atoms with Gasteiger partial charge in [0.15, 0.2) is 0 Å². The number of imidazole rings is 1. The van der Waals surface area contributed by atoms with E-state index in [1.54, 1.807) is 0 Å². The summed E-state index contributed by atoms with van der Waals surface area (Å²) in [5.41, 5.74) is 0.269. The number of hydrogen-bond donors (Lipinski definition) is 1. The van der Waals surface area contributed by atoms with Crippen LogP contribution in [0.4, 0.5) is 0 Å². The molecule has 1 N–H and O–H groups in total. The third kappa shape index (κ3) is 2.26. The highest BCUT2D eigenvalue weighted by Crippen LogP contribution is 1.99. The number of esters is 1. The summed E-state index contributed by atoms with van der Waals surface area (Å²) in [5, 5.41) is 10.1. The molecular weight excluding hydrogens is 178 g/mol. The second-order valence-corrected chi connectivity index (χ2v) is 2.24. The van der Waals surface area contributed by atoms with Crippen LogP contribution in [0, 0.1) is 10.1 Å². The number of ether oxygens (including phenoxy) is 1. The highest BCUT2D eigenvalue weighted by atomic mass is 16.6. The van der Waals surface area contributed by atoms with E-state index in [1.807, 2.05) is 0 Å². The van der Waals surface area contributed by atoms with Gasteiger partial charge in [0.2, 0.25) is 12.4 Å². The second kappa shape index (κ2) is 3.65. The molecule has 1 rings (SSSR count). The smallest absolute Gasteiger partial charge is 0.374 e. The lowest BCUT2D eigenvalue weighted by Gasteiger charge is -1.91. The molecule has 0 radical (unpaired) electrons. The molecule has 0 atom stereocenters. The molecule has 7 nitrogen and oxygen atoms in total. The van der Waals surface area contributed by atoms with Crippen molar-refractivity contribution in [2.75, 3.05) is 7.11 Å². The lowest BCUT2D eigenvalue weighted by atomic mass is 10.5. The van der Waals surface area contributed by atoms with E-state index in [-0.39, 0.29) is 18.1 Å². The van der Waals surface area contributed by atoms with Crippen LogP contribution in [-0.4, -0.2) is 28.0 Å². The third-order valence-corrected chi connectivity index (χ3v) is 1.31. The number of aromatic amines is 1. The molecule has 7 heteroatoms. The minimum absolute atomic E-state index is 0.0284. The van der Waals surface area contributed by atoms with Gasteiger partial charge in [-0.2, -0.15) is 0 Å². The molecule has 1 aromatic heterocycles. The number of H-pyrrole nitrogens is 1. The van der Waals surface area contributed by atoms with Gasteiger partial charge >= 0.3 is 5.97 Å². The topological polar surface area (TPSA) is 98.1 Å². The lowest BCUT2D eigenvalue weighted by Crippen LogP contribution is -2.04. The summed E-state index contributed by atoms with van der Waals surface area (Å²) in [6.45, 7) is -0.385. The van der Waals surface area contributed by atoms with E-state index < -0.39 is 10.9 Å². The number of carbonyl (C=O) groups excluding carboxylic acids is 1. The molecule has 0 saturated heterocycles. The molecule has 0 aromatic carbocycles. The maximum Gasteiger partial charge on any atom is 0.374 e. The van der Waals surface area contributed by atoms with Crippen molar-refractivity contribution in [3.8, 4) is 0 Å². The molecule has 0 aliphatic carbocycles. The van der Waals surface area contributed by atoms with E-state index in [4.69, 9.17) is 0 Å². The van der Waals surface area contributed by atoms with Crippen LogP contribution < -0.4 is 0 Å². The van der Waals surface area contributed by atoms with Crippen LogP contribution in [0.15, 0.2) is 6.20 Å². The Labute approximate surface area is 72.9 Å². The van der Waals surface area contributed by atoms with Crippen LogP contribution in [-0.2, 0) is 11.3 Å². The molecule has 0 amide bonds. The van der Waals surface area contributed by atoms with E-state index in [0.717, 1.165) is 0 Å². The van der Waals surface area contributed by atoms with Crippen molar-refractivity contribution in [3.63, 3.8) is 0 Å². The van der Waals surface area contributed by atoms with Gasteiger partial charge in [-0.15, -0.1) is 0 Å². The van der Waals surface area contributed by atoms with Crippen molar-refractivity contribution in [3.05, 3.63) is 27.8 Å². The third-order valence-electron chi connectivity index (χ3n) is 1.31. The maximum absolute atomic E-state index is 10.8. The van der Waals surface area contributed by atoms with E-state index in [2.05, 4.69) is 14.7 Å². The Balaban J connectivity index is 2.74. The van der Waals surface area contributed by atoms with Crippen LogP contribution in [0.1, 0.15) is 16.3 Å². The Hall–Kier alpha value is -1.92. The molecule has 0 fully saturated rings. The van der Waals surface area contributed by atoms with Crippen molar-refractivity contribution in [2.24, 2.45) is 0 Å². The van der Waals surface area contributed by atoms with Gasteiger partial charge in [0.05, 0.1) is 13.3 Å². The predicted molar refractivity (Wildman–Crippen MR) is 40.6 cm³/mol. The summed E-state index contributed by atoms with van der Waals surface area (Å²) in [4.78, 5) is 26.4. The van der Waals surface area contributed by atoms with E-state index in [9.17, 15) is 14.9 Å². The Bertz CT molecular complexity index is 332. The first kappa shape index (κ1) is 9.17. The molecule has 0 spiro atoms. The van der Waals surface area contributed by atoms with Crippen molar-refractivity contribution < 1.29 is 14.5 Å². The Kier molecular flexibility index (Phi) is 2.58. The molecular formula is C6H7N3O4. The van der Waals surface area contributed by atoms with Crippen LogP contribution in [0.5, 0.6) is 0 Å². The summed E-state index contributed by atoms with van der Waals surface area (Å²) in [6, 6.07) is 0.